The Morgan fingerprint density at radius 2 is 2.00 bits per heavy atom. The summed E-state index contributed by atoms with van der Waals surface area (Å²) in [5.41, 5.74) is 0. The van der Waals surface area contributed by atoms with E-state index in [9.17, 15) is 4.79 Å². The smallest absolute Gasteiger partial charge is 0.303 e. The maximum atomic E-state index is 10.3. The second-order valence-corrected chi connectivity index (χ2v) is 4.32. The molecule has 0 radical (unpaired) electrons. The number of carboxylic acid groups (broad SMARTS) is 1. The summed E-state index contributed by atoms with van der Waals surface area (Å²) in [6, 6.07) is 0.620. The van der Waals surface area contributed by atoms with Gasteiger partial charge in [-0.15, -0.1) is 0 Å². The van der Waals surface area contributed by atoms with Crippen molar-refractivity contribution in [3.05, 3.63) is 0 Å². The molecule has 15 heavy (non-hydrogen) atoms. The normalized spacial score (nSPS) is 13.1. The van der Waals surface area contributed by atoms with Crippen LogP contribution in [0, 0.1) is 0 Å². The van der Waals surface area contributed by atoms with Crippen molar-refractivity contribution in [2.75, 3.05) is 13.6 Å². The molecule has 0 bridgehead atoms. The quantitative estimate of drug-likeness (QED) is 0.601. The lowest BCUT2D eigenvalue weighted by Gasteiger charge is -2.24. The van der Waals surface area contributed by atoms with E-state index in [4.69, 9.17) is 5.11 Å². The molecule has 0 saturated heterocycles. The standard InChI is InChI=1S/C12H25NO2/c1-4-5-8-11(2)13(3)10-7-6-9-12(14)15/h11H,4-10H2,1-3H3,(H,14,15)/t11-/m1/s1. The molecule has 0 heterocycles. The molecule has 0 aliphatic heterocycles. The summed E-state index contributed by atoms with van der Waals surface area (Å²) in [6.45, 7) is 5.46. The zero-order valence-corrected chi connectivity index (χ0v) is 10.3. The van der Waals surface area contributed by atoms with Gasteiger partial charge in [0.1, 0.15) is 0 Å². The van der Waals surface area contributed by atoms with Crippen LogP contribution in [0.25, 0.3) is 0 Å². The summed E-state index contributed by atoms with van der Waals surface area (Å²) < 4.78 is 0. The number of unbranched alkanes of at least 4 members (excludes halogenated alkanes) is 2. The topological polar surface area (TPSA) is 40.5 Å². The van der Waals surface area contributed by atoms with E-state index in [-0.39, 0.29) is 0 Å². The van der Waals surface area contributed by atoms with Crippen LogP contribution in [0.15, 0.2) is 0 Å². The zero-order valence-electron chi connectivity index (χ0n) is 10.3. The maximum absolute atomic E-state index is 10.3. The Morgan fingerprint density at radius 1 is 1.33 bits per heavy atom. The van der Waals surface area contributed by atoms with Crippen molar-refractivity contribution < 1.29 is 9.90 Å². The van der Waals surface area contributed by atoms with Gasteiger partial charge in [-0.2, -0.15) is 0 Å². The van der Waals surface area contributed by atoms with Crippen LogP contribution in [0.5, 0.6) is 0 Å². The van der Waals surface area contributed by atoms with E-state index < -0.39 is 5.97 Å². The van der Waals surface area contributed by atoms with Gasteiger partial charge in [0, 0.05) is 12.5 Å². The lowest BCUT2D eigenvalue weighted by Crippen LogP contribution is -2.29. The van der Waals surface area contributed by atoms with Gasteiger partial charge in [0.15, 0.2) is 0 Å². The Morgan fingerprint density at radius 3 is 2.53 bits per heavy atom. The summed E-state index contributed by atoms with van der Waals surface area (Å²) in [7, 11) is 2.13. The van der Waals surface area contributed by atoms with Crippen LogP contribution in [0.1, 0.15) is 52.4 Å². The Balaban J connectivity index is 3.46. The van der Waals surface area contributed by atoms with E-state index in [1.165, 1.54) is 19.3 Å². The van der Waals surface area contributed by atoms with E-state index in [1.807, 2.05) is 0 Å². The van der Waals surface area contributed by atoms with Crippen molar-refractivity contribution in [3.63, 3.8) is 0 Å². The molecule has 0 spiro atoms. The third kappa shape index (κ3) is 8.43. The molecule has 0 saturated carbocycles. The molecule has 0 aromatic rings. The van der Waals surface area contributed by atoms with Crippen LogP contribution in [-0.4, -0.2) is 35.6 Å². The van der Waals surface area contributed by atoms with Crippen molar-refractivity contribution in [1.29, 1.82) is 0 Å². The Hall–Kier alpha value is -0.570. The first-order chi connectivity index (χ1) is 7.07. The number of hydrogen-bond donors (Lipinski definition) is 1. The highest BCUT2D eigenvalue weighted by molar-refractivity contribution is 5.66. The molecule has 0 aromatic carbocycles. The van der Waals surface area contributed by atoms with Crippen LogP contribution in [0.4, 0.5) is 0 Å². The van der Waals surface area contributed by atoms with Crippen LogP contribution < -0.4 is 0 Å². The van der Waals surface area contributed by atoms with Gasteiger partial charge in [-0.3, -0.25) is 4.79 Å². The van der Waals surface area contributed by atoms with Crippen LogP contribution in [0.3, 0.4) is 0 Å². The molecular formula is C12H25NO2. The molecule has 0 aromatic heterocycles. The van der Waals surface area contributed by atoms with Gasteiger partial charge >= 0.3 is 5.97 Å². The largest absolute Gasteiger partial charge is 0.481 e. The van der Waals surface area contributed by atoms with Crippen LogP contribution in [0.2, 0.25) is 0 Å². The molecule has 0 aliphatic carbocycles. The van der Waals surface area contributed by atoms with Gasteiger partial charge in [-0.05, 0) is 39.8 Å². The van der Waals surface area contributed by atoms with Crippen molar-refractivity contribution in [2.45, 2.75) is 58.4 Å². The second kappa shape index (κ2) is 8.72. The number of carboxylic acids is 1. The first-order valence-corrected chi connectivity index (χ1v) is 6.00. The van der Waals surface area contributed by atoms with Crippen molar-refractivity contribution >= 4 is 5.97 Å². The van der Waals surface area contributed by atoms with Gasteiger partial charge in [0.25, 0.3) is 0 Å². The van der Waals surface area contributed by atoms with E-state index >= 15 is 0 Å². The minimum atomic E-state index is -0.684. The molecule has 0 rings (SSSR count). The molecule has 1 N–H and O–H groups in total. The Kier molecular flexibility index (Phi) is 8.38. The van der Waals surface area contributed by atoms with Crippen molar-refractivity contribution in [1.82, 2.24) is 4.90 Å². The minimum absolute atomic E-state index is 0.303. The van der Waals surface area contributed by atoms with Gasteiger partial charge in [0.05, 0.1) is 0 Å². The fraction of sp³-hybridized carbons (Fsp3) is 0.917. The molecule has 3 nitrogen and oxygen atoms in total. The average molecular weight is 215 g/mol. The molecule has 0 amide bonds. The molecule has 1 atom stereocenters. The number of nitrogens with zero attached hydrogens (tertiary/aromatic N) is 1. The number of carbonyl (C=O) groups is 1. The van der Waals surface area contributed by atoms with E-state index in [2.05, 4.69) is 25.8 Å². The first kappa shape index (κ1) is 14.4. The van der Waals surface area contributed by atoms with Crippen molar-refractivity contribution in [3.8, 4) is 0 Å². The highest BCUT2D eigenvalue weighted by Gasteiger charge is 2.07. The van der Waals surface area contributed by atoms with Gasteiger partial charge < -0.3 is 10.0 Å². The van der Waals surface area contributed by atoms with E-state index in [1.54, 1.807) is 0 Å². The number of aliphatic carboxylic acids is 1. The number of rotatable bonds is 9. The third-order valence-electron chi connectivity index (χ3n) is 2.88. The molecule has 0 unspecified atom stereocenters. The summed E-state index contributed by atoms with van der Waals surface area (Å²) in [5.74, 6) is -0.684. The van der Waals surface area contributed by atoms with Crippen LogP contribution >= 0.6 is 0 Å². The third-order valence-corrected chi connectivity index (χ3v) is 2.88. The predicted octanol–water partition coefficient (Wildman–Crippen LogP) is 2.75. The van der Waals surface area contributed by atoms with Crippen LogP contribution in [-0.2, 0) is 4.79 Å². The zero-order chi connectivity index (χ0) is 11.7. The molecule has 3 heteroatoms. The Labute approximate surface area is 93.5 Å². The lowest BCUT2D eigenvalue weighted by molar-refractivity contribution is -0.137. The first-order valence-electron chi connectivity index (χ1n) is 6.00. The fourth-order valence-electron chi connectivity index (χ4n) is 1.58. The summed E-state index contributed by atoms with van der Waals surface area (Å²) in [6.07, 6.45) is 5.85. The lowest BCUT2D eigenvalue weighted by atomic mass is 10.1. The van der Waals surface area contributed by atoms with Gasteiger partial charge in [0.2, 0.25) is 0 Å². The van der Waals surface area contributed by atoms with Crippen molar-refractivity contribution in [2.24, 2.45) is 0 Å². The van der Waals surface area contributed by atoms with Gasteiger partial charge in [-0.25, -0.2) is 0 Å². The number of hydrogen-bond acceptors (Lipinski definition) is 2. The summed E-state index contributed by atoms with van der Waals surface area (Å²) in [5, 5.41) is 8.49. The minimum Gasteiger partial charge on any atom is -0.481 e. The van der Waals surface area contributed by atoms with Gasteiger partial charge in [-0.1, -0.05) is 19.8 Å². The SMILES string of the molecule is CCCC[C@@H](C)N(C)CCCCC(=O)O. The van der Waals surface area contributed by atoms with E-state index in [0.29, 0.717) is 12.5 Å². The van der Waals surface area contributed by atoms with E-state index in [0.717, 1.165) is 19.4 Å². The summed E-state index contributed by atoms with van der Waals surface area (Å²) >= 11 is 0. The molecular weight excluding hydrogens is 190 g/mol. The second-order valence-electron chi connectivity index (χ2n) is 4.32. The monoisotopic (exact) mass is 215 g/mol. The fourth-order valence-corrected chi connectivity index (χ4v) is 1.58. The molecule has 0 fully saturated rings. The highest BCUT2D eigenvalue weighted by Crippen LogP contribution is 2.07. The summed E-state index contributed by atoms with van der Waals surface area (Å²) in [4.78, 5) is 12.6. The average Bonchev–Trinajstić information content (AvgIpc) is 2.20. The predicted molar refractivity (Wildman–Crippen MR) is 63.1 cm³/mol. The highest BCUT2D eigenvalue weighted by atomic mass is 16.4. The molecule has 0 aliphatic rings. The molecule has 90 valence electrons. The Bertz CT molecular complexity index is 171. The maximum Gasteiger partial charge on any atom is 0.303 e.